The number of imidazole rings is 1. The van der Waals surface area contributed by atoms with E-state index in [0.717, 1.165) is 17.0 Å². The van der Waals surface area contributed by atoms with Crippen molar-refractivity contribution in [2.45, 2.75) is 58.9 Å². The van der Waals surface area contributed by atoms with Gasteiger partial charge in [0.2, 0.25) is 0 Å². The van der Waals surface area contributed by atoms with Gasteiger partial charge in [-0.15, -0.1) is 0 Å². The molecule has 14 heteroatoms. The number of aryl methyl sites for hydroxylation is 1. The maximum Gasteiger partial charge on any atom is 0.433 e. The number of halogens is 4. The van der Waals surface area contributed by atoms with Gasteiger partial charge in [0.25, 0.3) is 0 Å². The summed E-state index contributed by atoms with van der Waals surface area (Å²) in [7, 11) is 0. The van der Waals surface area contributed by atoms with E-state index in [-0.39, 0.29) is 50.1 Å². The molecular formula is C27H31F4N7O3. The monoisotopic (exact) mass is 577 g/mol. The van der Waals surface area contributed by atoms with E-state index in [2.05, 4.69) is 15.3 Å². The molecule has 0 spiro atoms. The molecule has 2 aliphatic heterocycles. The van der Waals surface area contributed by atoms with Crippen molar-refractivity contribution in [2.24, 2.45) is 0 Å². The van der Waals surface area contributed by atoms with Gasteiger partial charge < -0.3 is 24.3 Å². The fourth-order valence-electron chi connectivity index (χ4n) is 5.14. The van der Waals surface area contributed by atoms with E-state index in [1.807, 2.05) is 0 Å². The second-order valence-corrected chi connectivity index (χ2v) is 11.3. The molecule has 1 fully saturated rings. The van der Waals surface area contributed by atoms with E-state index in [0.29, 0.717) is 22.6 Å². The Morgan fingerprint density at radius 3 is 2.46 bits per heavy atom. The van der Waals surface area contributed by atoms with Gasteiger partial charge in [-0.05, 0) is 47.1 Å². The Hall–Kier alpha value is -4.10. The molecule has 2 aliphatic rings. The molecule has 0 saturated carbocycles. The minimum atomic E-state index is -4.77. The van der Waals surface area contributed by atoms with Crippen molar-refractivity contribution < 1.29 is 31.9 Å². The van der Waals surface area contributed by atoms with Crippen LogP contribution in [0.3, 0.4) is 0 Å². The Bertz CT molecular complexity index is 1520. The predicted molar refractivity (Wildman–Crippen MR) is 144 cm³/mol. The first-order chi connectivity index (χ1) is 19.1. The van der Waals surface area contributed by atoms with Crippen LogP contribution in [0.5, 0.6) is 0 Å². The van der Waals surface area contributed by atoms with Crippen molar-refractivity contribution in [3.8, 4) is 0 Å². The van der Waals surface area contributed by atoms with E-state index >= 15 is 0 Å². The van der Waals surface area contributed by atoms with E-state index in [1.165, 1.54) is 6.20 Å². The highest BCUT2D eigenvalue weighted by molar-refractivity contribution is 6.03. The molecule has 5 heterocycles. The van der Waals surface area contributed by atoms with Crippen LogP contribution in [-0.2, 0) is 17.3 Å². The highest BCUT2D eigenvalue weighted by atomic mass is 19.4. The van der Waals surface area contributed by atoms with Crippen LogP contribution in [0, 0.1) is 12.7 Å². The minimum absolute atomic E-state index is 0.0595. The summed E-state index contributed by atoms with van der Waals surface area (Å²) in [5.41, 5.74) is -0.187. The van der Waals surface area contributed by atoms with Crippen LogP contribution in [0.1, 0.15) is 44.6 Å². The highest BCUT2D eigenvalue weighted by Crippen LogP contribution is 2.40. The lowest BCUT2D eigenvalue weighted by atomic mass is 10.1. The number of carbonyl (C=O) groups is 2. The van der Waals surface area contributed by atoms with Gasteiger partial charge in [0, 0.05) is 61.9 Å². The first-order valence-electron chi connectivity index (χ1n) is 13.2. The van der Waals surface area contributed by atoms with Crippen molar-refractivity contribution >= 4 is 35.0 Å². The predicted octanol–water partition coefficient (Wildman–Crippen LogP) is 5.24. The normalized spacial score (nSPS) is 17.7. The summed E-state index contributed by atoms with van der Waals surface area (Å²) in [6.07, 6.45) is -1.99. The molecule has 1 atom stereocenters. The number of amides is 3. The maximum absolute atomic E-state index is 14.7. The van der Waals surface area contributed by atoms with Crippen LogP contribution >= 0.6 is 0 Å². The summed E-state index contributed by atoms with van der Waals surface area (Å²) in [5, 5.41) is 2.47. The minimum Gasteiger partial charge on any atom is -0.444 e. The number of urea groups is 1. The first kappa shape index (κ1) is 28.4. The molecule has 0 bridgehead atoms. The Kier molecular flexibility index (Phi) is 6.98. The van der Waals surface area contributed by atoms with E-state index in [9.17, 15) is 27.2 Å². The summed E-state index contributed by atoms with van der Waals surface area (Å²) < 4.78 is 63.6. The van der Waals surface area contributed by atoms with Gasteiger partial charge >= 0.3 is 18.3 Å². The second kappa shape index (κ2) is 10.1. The molecule has 5 rings (SSSR count). The third-order valence-corrected chi connectivity index (χ3v) is 6.96. The lowest BCUT2D eigenvalue weighted by Crippen LogP contribution is -2.55. The summed E-state index contributed by atoms with van der Waals surface area (Å²) in [6.45, 7) is 9.65. The number of fused-ring (bicyclic) bond motifs is 2. The standard InChI is InChI=1S/C27H31F4N7O3/c1-15-12-36-14-19(18(28)10-22(36)32-15)33-24(39)38-7-6-17-20(11-21(27(29,30)31)34-23(17)38)35-8-9-37(16(2)13-35)25(40)41-26(3,4)5/h10-12,14,16H,6-9,13H2,1-5H3,(H,33,39)/t16-/m0/s1. The Morgan fingerprint density at radius 2 is 1.80 bits per heavy atom. The molecule has 220 valence electrons. The SMILES string of the molecule is Cc1cn2cc(NC(=O)N3CCc4c(N5CCN(C(=O)OC(C)(C)C)[C@@H](C)C5)cc(C(F)(F)F)nc43)c(F)cc2n1. The molecule has 0 aromatic carbocycles. The second-order valence-electron chi connectivity index (χ2n) is 11.3. The number of nitrogens with one attached hydrogen (secondary N) is 1. The zero-order valence-corrected chi connectivity index (χ0v) is 23.3. The average molecular weight is 578 g/mol. The van der Waals surface area contributed by atoms with Crippen molar-refractivity contribution in [1.82, 2.24) is 19.3 Å². The first-order valence-corrected chi connectivity index (χ1v) is 13.2. The van der Waals surface area contributed by atoms with Crippen molar-refractivity contribution in [3.63, 3.8) is 0 Å². The molecule has 3 aromatic rings. The van der Waals surface area contributed by atoms with Gasteiger partial charge in [-0.3, -0.25) is 4.90 Å². The van der Waals surface area contributed by atoms with Crippen LogP contribution in [0.25, 0.3) is 5.65 Å². The molecule has 0 aliphatic carbocycles. The molecule has 0 radical (unpaired) electrons. The fourth-order valence-corrected chi connectivity index (χ4v) is 5.14. The molecule has 3 amide bonds. The van der Waals surface area contributed by atoms with Gasteiger partial charge in [0.1, 0.15) is 22.8 Å². The number of aromatic nitrogens is 3. The number of alkyl halides is 3. The zero-order chi connectivity index (χ0) is 29.9. The van der Waals surface area contributed by atoms with E-state index in [1.54, 1.807) is 55.0 Å². The van der Waals surface area contributed by atoms with Crippen LogP contribution in [-0.4, -0.2) is 69.2 Å². The zero-order valence-electron chi connectivity index (χ0n) is 23.3. The average Bonchev–Trinajstić information content (AvgIpc) is 3.44. The number of pyridine rings is 2. The number of hydrogen-bond acceptors (Lipinski definition) is 6. The molecule has 1 N–H and O–H groups in total. The fraction of sp³-hybridized carbons (Fsp3) is 0.481. The van der Waals surface area contributed by atoms with E-state index < -0.39 is 35.4 Å². The number of piperazine rings is 1. The van der Waals surface area contributed by atoms with Crippen LogP contribution in [0.4, 0.5) is 44.3 Å². The largest absolute Gasteiger partial charge is 0.444 e. The topological polar surface area (TPSA) is 95.3 Å². The molecular weight excluding hydrogens is 546 g/mol. The van der Waals surface area contributed by atoms with Gasteiger partial charge in [-0.25, -0.2) is 23.9 Å². The van der Waals surface area contributed by atoms with Crippen LogP contribution in [0.15, 0.2) is 24.5 Å². The Morgan fingerprint density at radius 1 is 1.07 bits per heavy atom. The molecule has 41 heavy (non-hydrogen) atoms. The van der Waals surface area contributed by atoms with Gasteiger partial charge in [-0.1, -0.05) is 0 Å². The number of carbonyl (C=O) groups excluding carboxylic acids is 2. The quantitative estimate of drug-likeness (QED) is 0.419. The van der Waals surface area contributed by atoms with Crippen molar-refractivity contribution in [3.05, 3.63) is 47.3 Å². The van der Waals surface area contributed by atoms with Gasteiger partial charge in [-0.2, -0.15) is 13.2 Å². The summed E-state index contributed by atoms with van der Waals surface area (Å²) in [4.78, 5) is 38.3. The van der Waals surface area contributed by atoms with Crippen molar-refractivity contribution in [1.29, 1.82) is 0 Å². The van der Waals surface area contributed by atoms with E-state index in [4.69, 9.17) is 4.74 Å². The lowest BCUT2D eigenvalue weighted by molar-refractivity contribution is -0.141. The third-order valence-electron chi connectivity index (χ3n) is 6.96. The number of rotatable bonds is 2. The van der Waals surface area contributed by atoms with Crippen LogP contribution < -0.4 is 15.1 Å². The number of hydrogen-bond donors (Lipinski definition) is 1. The summed E-state index contributed by atoms with van der Waals surface area (Å²) in [6, 6.07) is 1.00. The Balaban J connectivity index is 1.42. The molecule has 3 aromatic heterocycles. The van der Waals surface area contributed by atoms with Crippen molar-refractivity contribution in [2.75, 3.05) is 41.3 Å². The Labute approximate surface area is 233 Å². The maximum atomic E-state index is 14.7. The smallest absolute Gasteiger partial charge is 0.433 e. The summed E-state index contributed by atoms with van der Waals surface area (Å²) >= 11 is 0. The summed E-state index contributed by atoms with van der Waals surface area (Å²) in [5.74, 6) is -0.861. The molecule has 1 saturated heterocycles. The molecule has 10 nitrogen and oxygen atoms in total. The number of ether oxygens (including phenoxy) is 1. The highest BCUT2D eigenvalue weighted by Gasteiger charge is 2.40. The van der Waals surface area contributed by atoms with Gasteiger partial charge in [0.05, 0.1) is 11.4 Å². The lowest BCUT2D eigenvalue weighted by Gasteiger charge is -2.41. The van der Waals surface area contributed by atoms with Gasteiger partial charge in [0.15, 0.2) is 5.82 Å². The number of anilines is 3. The number of nitrogens with zero attached hydrogens (tertiary/aromatic N) is 6. The van der Waals surface area contributed by atoms with Crippen LogP contribution in [0.2, 0.25) is 0 Å². The third kappa shape index (κ3) is 5.72. The molecule has 0 unspecified atom stereocenters.